The molecule has 0 radical (unpaired) electrons. The molecule has 0 spiro atoms. The minimum atomic E-state index is -0.837. The van der Waals surface area contributed by atoms with Crippen LogP contribution in [-0.2, 0) is 11.3 Å². The second-order valence-corrected chi connectivity index (χ2v) is 7.60. The number of aliphatic hydroxyl groups is 1. The van der Waals surface area contributed by atoms with Gasteiger partial charge in [0.05, 0.1) is 17.9 Å². The number of halogens is 1. The maximum absolute atomic E-state index is 13.4. The molecule has 4 aromatic rings. The molecule has 5 nitrogen and oxygen atoms in total. The van der Waals surface area contributed by atoms with Crippen LogP contribution in [0.4, 0.5) is 4.39 Å². The zero-order chi connectivity index (χ0) is 22.2. The van der Waals surface area contributed by atoms with Crippen molar-refractivity contribution in [3.05, 3.63) is 119 Å². The van der Waals surface area contributed by atoms with Gasteiger partial charge in [0.2, 0.25) is 5.78 Å². The van der Waals surface area contributed by atoms with Crippen molar-refractivity contribution < 1.29 is 23.5 Å². The molecule has 0 saturated heterocycles. The lowest BCUT2D eigenvalue weighted by Gasteiger charge is -2.28. The summed E-state index contributed by atoms with van der Waals surface area (Å²) in [6, 6.07) is 21.3. The molecule has 1 aliphatic rings. The summed E-state index contributed by atoms with van der Waals surface area (Å²) in [5, 5.41) is 12.6. The van der Waals surface area contributed by atoms with Gasteiger partial charge in [0.1, 0.15) is 5.82 Å². The van der Waals surface area contributed by atoms with Gasteiger partial charge in [-0.3, -0.25) is 9.59 Å². The molecular weight excluding hydrogens is 409 g/mol. The summed E-state index contributed by atoms with van der Waals surface area (Å²) < 4.78 is 18.7. The van der Waals surface area contributed by atoms with Gasteiger partial charge in [-0.2, -0.15) is 0 Å². The van der Waals surface area contributed by atoms with Crippen LogP contribution in [-0.4, -0.2) is 21.7 Å². The summed E-state index contributed by atoms with van der Waals surface area (Å²) in [7, 11) is 0. The lowest BCUT2D eigenvalue weighted by Crippen LogP contribution is -2.30. The molecule has 158 valence electrons. The van der Waals surface area contributed by atoms with Crippen molar-refractivity contribution in [2.24, 2.45) is 0 Å². The molecule has 3 aromatic carbocycles. The molecule has 32 heavy (non-hydrogen) atoms. The second kappa shape index (κ2) is 7.81. The van der Waals surface area contributed by atoms with E-state index in [4.69, 9.17) is 4.42 Å². The highest BCUT2D eigenvalue weighted by molar-refractivity contribution is 6.15. The van der Waals surface area contributed by atoms with Crippen molar-refractivity contribution in [3.63, 3.8) is 0 Å². The molecule has 1 atom stereocenters. The lowest BCUT2D eigenvalue weighted by atomic mass is 9.91. The van der Waals surface area contributed by atoms with Crippen molar-refractivity contribution >= 4 is 22.5 Å². The number of rotatable bonds is 5. The van der Waals surface area contributed by atoms with Crippen molar-refractivity contribution in [2.75, 3.05) is 0 Å². The van der Waals surface area contributed by atoms with E-state index in [1.807, 2.05) is 42.5 Å². The number of hydrogen-bond acceptors (Lipinski definition) is 4. The minimum absolute atomic E-state index is 0.0354. The standard InChI is InChI=1S/C26H18FNO4/c27-18-12-10-16(11-13-18)15-28-23(20-8-3-6-17-5-1-2-7-19(17)20)22(25(30)26(28)31)24(29)21-9-4-14-32-21/h1-14,23,30H,15H2. The Hall–Kier alpha value is -4.19. The van der Waals surface area contributed by atoms with Gasteiger partial charge in [0.25, 0.3) is 5.91 Å². The molecule has 0 fully saturated rings. The SMILES string of the molecule is O=C(C1=C(O)C(=O)N(Cc2ccc(F)cc2)C1c1cccc2ccccc12)c1ccco1. The summed E-state index contributed by atoms with van der Waals surface area (Å²) in [6.45, 7) is 0.0893. The Morgan fingerprint density at radius 3 is 2.47 bits per heavy atom. The monoisotopic (exact) mass is 427 g/mol. The Morgan fingerprint density at radius 2 is 1.72 bits per heavy atom. The number of benzene rings is 3. The highest BCUT2D eigenvalue weighted by atomic mass is 19.1. The first-order valence-corrected chi connectivity index (χ1v) is 10.1. The molecular formula is C26H18FNO4. The number of carbonyl (C=O) groups is 2. The van der Waals surface area contributed by atoms with Crippen LogP contribution in [0.3, 0.4) is 0 Å². The summed E-state index contributed by atoms with van der Waals surface area (Å²) in [5.74, 6) is -2.18. The molecule has 1 unspecified atom stereocenters. The number of ketones is 1. The third kappa shape index (κ3) is 3.26. The van der Waals surface area contributed by atoms with E-state index in [0.29, 0.717) is 11.1 Å². The van der Waals surface area contributed by atoms with Gasteiger partial charge >= 0.3 is 0 Å². The second-order valence-electron chi connectivity index (χ2n) is 7.60. The molecule has 0 aliphatic carbocycles. The molecule has 2 heterocycles. The fourth-order valence-electron chi connectivity index (χ4n) is 4.19. The van der Waals surface area contributed by atoms with Gasteiger partial charge in [-0.25, -0.2) is 4.39 Å². The average Bonchev–Trinajstić information content (AvgIpc) is 3.43. The molecule has 0 saturated carbocycles. The highest BCUT2D eigenvalue weighted by Crippen LogP contribution is 2.42. The van der Waals surface area contributed by atoms with E-state index in [2.05, 4.69) is 0 Å². The van der Waals surface area contributed by atoms with E-state index in [0.717, 1.165) is 10.8 Å². The highest BCUT2D eigenvalue weighted by Gasteiger charge is 2.44. The molecule has 5 rings (SSSR count). The molecule has 1 aliphatic heterocycles. The van der Waals surface area contributed by atoms with Crippen LogP contribution in [0.5, 0.6) is 0 Å². The largest absolute Gasteiger partial charge is 0.503 e. The van der Waals surface area contributed by atoms with Crippen LogP contribution in [0.1, 0.15) is 27.7 Å². The lowest BCUT2D eigenvalue weighted by molar-refractivity contribution is -0.130. The maximum atomic E-state index is 13.4. The summed E-state index contributed by atoms with van der Waals surface area (Å²) >= 11 is 0. The van der Waals surface area contributed by atoms with Crippen LogP contribution in [0.25, 0.3) is 10.8 Å². The number of nitrogens with zero attached hydrogens (tertiary/aromatic N) is 1. The van der Waals surface area contributed by atoms with Crippen molar-refractivity contribution in [3.8, 4) is 0 Å². The third-order valence-corrected chi connectivity index (χ3v) is 5.68. The van der Waals surface area contributed by atoms with Gasteiger partial charge in [-0.15, -0.1) is 0 Å². The predicted octanol–water partition coefficient (Wildman–Crippen LogP) is 5.35. The molecule has 0 bridgehead atoms. The third-order valence-electron chi connectivity index (χ3n) is 5.68. The van der Waals surface area contributed by atoms with Gasteiger partial charge in [0, 0.05) is 6.54 Å². The van der Waals surface area contributed by atoms with Crippen LogP contribution in [0.2, 0.25) is 0 Å². The summed E-state index contributed by atoms with van der Waals surface area (Å²) in [5.41, 5.74) is 1.34. The molecule has 1 amide bonds. The average molecular weight is 427 g/mol. The Bertz CT molecular complexity index is 1350. The van der Waals surface area contributed by atoms with Crippen molar-refractivity contribution in [1.29, 1.82) is 0 Å². The van der Waals surface area contributed by atoms with E-state index in [1.165, 1.54) is 29.4 Å². The van der Waals surface area contributed by atoms with E-state index in [-0.39, 0.29) is 23.7 Å². The number of amides is 1. The fourth-order valence-corrected chi connectivity index (χ4v) is 4.19. The normalized spacial score (nSPS) is 16.2. The number of carbonyl (C=O) groups excluding carboxylic acids is 2. The molecule has 6 heteroatoms. The predicted molar refractivity (Wildman–Crippen MR) is 116 cm³/mol. The van der Waals surface area contributed by atoms with Crippen molar-refractivity contribution in [2.45, 2.75) is 12.6 Å². The Labute approximate surface area is 183 Å². The Morgan fingerprint density at radius 1 is 0.969 bits per heavy atom. The first-order chi connectivity index (χ1) is 15.5. The number of fused-ring (bicyclic) bond motifs is 1. The summed E-state index contributed by atoms with van der Waals surface area (Å²) in [6.07, 6.45) is 1.37. The van der Waals surface area contributed by atoms with E-state index in [1.54, 1.807) is 18.2 Å². The quantitative estimate of drug-likeness (QED) is 0.436. The number of aliphatic hydroxyl groups excluding tert-OH is 1. The van der Waals surface area contributed by atoms with Gasteiger partial charge < -0.3 is 14.4 Å². The van der Waals surface area contributed by atoms with Gasteiger partial charge in [-0.1, -0.05) is 54.6 Å². The summed E-state index contributed by atoms with van der Waals surface area (Å²) in [4.78, 5) is 27.9. The van der Waals surface area contributed by atoms with Crippen LogP contribution < -0.4 is 0 Å². The van der Waals surface area contributed by atoms with Crippen LogP contribution in [0.15, 0.2) is 101 Å². The Balaban J connectivity index is 1.67. The Kier molecular flexibility index (Phi) is 4.82. The van der Waals surface area contributed by atoms with E-state index in [9.17, 15) is 19.1 Å². The molecule has 1 N–H and O–H groups in total. The zero-order valence-corrected chi connectivity index (χ0v) is 16.9. The topological polar surface area (TPSA) is 70.8 Å². The first-order valence-electron chi connectivity index (χ1n) is 10.1. The smallest absolute Gasteiger partial charge is 0.290 e. The minimum Gasteiger partial charge on any atom is -0.503 e. The van der Waals surface area contributed by atoms with Crippen molar-refractivity contribution in [1.82, 2.24) is 4.90 Å². The van der Waals surface area contributed by atoms with Crippen LogP contribution >= 0.6 is 0 Å². The maximum Gasteiger partial charge on any atom is 0.290 e. The number of hydrogen-bond donors (Lipinski definition) is 1. The van der Waals surface area contributed by atoms with Crippen LogP contribution in [0, 0.1) is 5.82 Å². The van der Waals surface area contributed by atoms with E-state index >= 15 is 0 Å². The van der Waals surface area contributed by atoms with Gasteiger partial charge in [0.15, 0.2) is 11.5 Å². The molecule has 1 aromatic heterocycles. The fraction of sp³-hybridized carbons (Fsp3) is 0.0769. The van der Waals surface area contributed by atoms with E-state index < -0.39 is 23.5 Å². The number of Topliss-reactive ketones (excluding diaryl/α,β-unsaturated/α-hetero) is 1. The number of furan rings is 1. The first kappa shape index (κ1) is 19.8. The van der Waals surface area contributed by atoms with Gasteiger partial charge in [-0.05, 0) is 46.2 Å². The zero-order valence-electron chi connectivity index (χ0n) is 16.9.